The van der Waals surface area contributed by atoms with Crippen LogP contribution in [-0.2, 0) is 16.0 Å². The summed E-state index contributed by atoms with van der Waals surface area (Å²) < 4.78 is 18.9. The second-order valence-electron chi connectivity index (χ2n) is 4.68. The molecular formula is C14H18FNO2. The van der Waals surface area contributed by atoms with E-state index in [4.69, 9.17) is 4.74 Å². The molecule has 4 heteroatoms. The smallest absolute Gasteiger partial charge is 0.224 e. The molecule has 0 bridgehead atoms. The summed E-state index contributed by atoms with van der Waals surface area (Å²) in [5, 5.41) is 2.87. The first-order chi connectivity index (χ1) is 8.66. The quantitative estimate of drug-likeness (QED) is 0.889. The number of benzene rings is 1. The van der Waals surface area contributed by atoms with Gasteiger partial charge in [0.05, 0.1) is 18.6 Å². The van der Waals surface area contributed by atoms with Crippen LogP contribution in [0.4, 0.5) is 4.39 Å². The lowest BCUT2D eigenvalue weighted by Crippen LogP contribution is -2.41. The highest BCUT2D eigenvalue weighted by Gasteiger charge is 2.23. The van der Waals surface area contributed by atoms with Gasteiger partial charge in [-0.25, -0.2) is 4.39 Å². The van der Waals surface area contributed by atoms with Crippen molar-refractivity contribution in [2.45, 2.75) is 38.3 Å². The average molecular weight is 251 g/mol. The third-order valence-corrected chi connectivity index (χ3v) is 3.22. The Morgan fingerprint density at radius 2 is 2.33 bits per heavy atom. The van der Waals surface area contributed by atoms with E-state index < -0.39 is 0 Å². The Balaban J connectivity index is 1.86. The number of rotatable bonds is 4. The van der Waals surface area contributed by atoms with Crippen LogP contribution >= 0.6 is 0 Å². The number of carbonyl (C=O) groups is 1. The Hall–Kier alpha value is -1.42. The van der Waals surface area contributed by atoms with E-state index in [1.54, 1.807) is 18.2 Å². The fraction of sp³-hybridized carbons (Fsp3) is 0.500. The molecule has 1 N–H and O–H groups in total. The van der Waals surface area contributed by atoms with Crippen molar-refractivity contribution in [2.24, 2.45) is 0 Å². The van der Waals surface area contributed by atoms with Crippen LogP contribution in [-0.4, -0.2) is 24.7 Å². The summed E-state index contributed by atoms with van der Waals surface area (Å²) >= 11 is 0. The van der Waals surface area contributed by atoms with Gasteiger partial charge in [0.25, 0.3) is 0 Å². The molecule has 0 spiro atoms. The molecule has 1 aromatic rings. The molecule has 1 saturated heterocycles. The number of nitrogens with one attached hydrogen (secondary N) is 1. The lowest BCUT2D eigenvalue weighted by molar-refractivity contribution is -0.121. The zero-order chi connectivity index (χ0) is 13.0. The van der Waals surface area contributed by atoms with Crippen molar-refractivity contribution in [2.75, 3.05) is 6.61 Å². The molecule has 3 nitrogen and oxygen atoms in total. The van der Waals surface area contributed by atoms with E-state index in [1.165, 1.54) is 6.07 Å². The first-order valence-corrected chi connectivity index (χ1v) is 6.31. The molecule has 0 aromatic heterocycles. The molecule has 1 aliphatic heterocycles. The highest BCUT2D eigenvalue weighted by atomic mass is 19.1. The highest BCUT2D eigenvalue weighted by Crippen LogP contribution is 2.15. The average Bonchev–Trinajstić information content (AvgIpc) is 2.85. The maximum atomic E-state index is 13.4. The molecule has 2 atom stereocenters. The normalized spacial score (nSPS) is 20.7. The molecule has 0 unspecified atom stereocenters. The maximum absolute atomic E-state index is 13.4. The van der Waals surface area contributed by atoms with Crippen molar-refractivity contribution < 1.29 is 13.9 Å². The van der Waals surface area contributed by atoms with Gasteiger partial charge in [-0.2, -0.15) is 0 Å². The van der Waals surface area contributed by atoms with Crippen molar-refractivity contribution in [1.29, 1.82) is 0 Å². The van der Waals surface area contributed by atoms with Gasteiger partial charge in [-0.1, -0.05) is 18.2 Å². The van der Waals surface area contributed by atoms with Gasteiger partial charge in [0.1, 0.15) is 5.82 Å². The minimum absolute atomic E-state index is 0.0215. The van der Waals surface area contributed by atoms with Gasteiger partial charge in [-0.05, 0) is 31.4 Å². The van der Waals surface area contributed by atoms with Crippen LogP contribution in [0.3, 0.4) is 0 Å². The van der Waals surface area contributed by atoms with Gasteiger partial charge in [-0.15, -0.1) is 0 Å². The molecule has 1 aliphatic rings. The first-order valence-electron chi connectivity index (χ1n) is 6.31. The van der Waals surface area contributed by atoms with E-state index in [9.17, 15) is 9.18 Å². The number of hydrogen-bond donors (Lipinski definition) is 1. The topological polar surface area (TPSA) is 38.3 Å². The van der Waals surface area contributed by atoms with E-state index in [2.05, 4.69) is 5.32 Å². The summed E-state index contributed by atoms with van der Waals surface area (Å²) in [4.78, 5) is 11.8. The van der Waals surface area contributed by atoms with Crippen LogP contribution < -0.4 is 5.32 Å². The number of amides is 1. The van der Waals surface area contributed by atoms with Gasteiger partial charge in [0.15, 0.2) is 0 Å². The zero-order valence-electron chi connectivity index (χ0n) is 10.5. The number of hydrogen-bond acceptors (Lipinski definition) is 2. The molecule has 1 heterocycles. The molecule has 1 amide bonds. The Bertz CT molecular complexity index is 416. The Morgan fingerprint density at radius 3 is 3.00 bits per heavy atom. The fourth-order valence-electron chi connectivity index (χ4n) is 2.21. The minimum Gasteiger partial charge on any atom is -0.376 e. The standard InChI is InChI=1S/C14H18FNO2/c1-10(13-7-4-8-18-13)16-14(17)9-11-5-2-3-6-12(11)15/h2-3,5-6,10,13H,4,7-9H2,1H3,(H,16,17)/t10-,13-/m1/s1. The van der Waals surface area contributed by atoms with E-state index in [0.717, 1.165) is 19.4 Å². The van der Waals surface area contributed by atoms with Crippen LogP contribution in [0.1, 0.15) is 25.3 Å². The number of ether oxygens (including phenoxy) is 1. The Labute approximate surface area is 106 Å². The highest BCUT2D eigenvalue weighted by molar-refractivity contribution is 5.78. The third kappa shape index (κ3) is 3.29. The van der Waals surface area contributed by atoms with Gasteiger partial charge >= 0.3 is 0 Å². The number of halogens is 1. The molecule has 0 radical (unpaired) electrons. The largest absolute Gasteiger partial charge is 0.376 e. The van der Waals surface area contributed by atoms with E-state index in [1.807, 2.05) is 6.92 Å². The molecule has 1 aromatic carbocycles. The minimum atomic E-state index is -0.336. The summed E-state index contributed by atoms with van der Waals surface area (Å²) in [6, 6.07) is 6.32. The molecule has 1 fully saturated rings. The third-order valence-electron chi connectivity index (χ3n) is 3.22. The van der Waals surface area contributed by atoms with Gasteiger partial charge in [0, 0.05) is 6.61 Å². The molecule has 0 aliphatic carbocycles. The number of carbonyl (C=O) groups excluding carboxylic acids is 1. The first kappa shape index (κ1) is 13.0. The van der Waals surface area contributed by atoms with Crippen LogP contribution in [0.5, 0.6) is 0 Å². The van der Waals surface area contributed by atoms with Crippen molar-refractivity contribution in [3.63, 3.8) is 0 Å². The van der Waals surface area contributed by atoms with Gasteiger partial charge in [-0.3, -0.25) is 4.79 Å². The molecule has 98 valence electrons. The summed E-state index contributed by atoms with van der Waals surface area (Å²) in [5.74, 6) is -0.500. The Morgan fingerprint density at radius 1 is 1.56 bits per heavy atom. The fourth-order valence-corrected chi connectivity index (χ4v) is 2.21. The molecule has 18 heavy (non-hydrogen) atoms. The second kappa shape index (κ2) is 5.96. The van der Waals surface area contributed by atoms with Crippen LogP contribution in [0.25, 0.3) is 0 Å². The lowest BCUT2D eigenvalue weighted by Gasteiger charge is -2.20. The predicted molar refractivity (Wildman–Crippen MR) is 66.7 cm³/mol. The van der Waals surface area contributed by atoms with E-state index in [0.29, 0.717) is 5.56 Å². The molecule has 0 saturated carbocycles. The van der Waals surface area contributed by atoms with E-state index >= 15 is 0 Å². The molecule has 2 rings (SSSR count). The van der Waals surface area contributed by atoms with Gasteiger partial charge < -0.3 is 10.1 Å². The molecular weight excluding hydrogens is 233 g/mol. The van der Waals surface area contributed by atoms with Crippen LogP contribution in [0.15, 0.2) is 24.3 Å². The van der Waals surface area contributed by atoms with Crippen LogP contribution in [0, 0.1) is 5.82 Å². The van der Waals surface area contributed by atoms with Gasteiger partial charge in [0.2, 0.25) is 5.91 Å². The summed E-state index contributed by atoms with van der Waals surface area (Å²) in [6.07, 6.45) is 2.18. The Kier molecular flexibility index (Phi) is 4.31. The lowest BCUT2D eigenvalue weighted by atomic mass is 10.1. The zero-order valence-corrected chi connectivity index (χ0v) is 10.5. The summed E-state index contributed by atoms with van der Waals surface area (Å²) in [6.45, 7) is 2.69. The van der Waals surface area contributed by atoms with Crippen molar-refractivity contribution in [3.05, 3.63) is 35.6 Å². The summed E-state index contributed by atoms with van der Waals surface area (Å²) in [5.41, 5.74) is 0.426. The van der Waals surface area contributed by atoms with Crippen molar-refractivity contribution in [1.82, 2.24) is 5.32 Å². The predicted octanol–water partition coefficient (Wildman–Crippen LogP) is 2.05. The van der Waals surface area contributed by atoms with Crippen molar-refractivity contribution in [3.8, 4) is 0 Å². The van der Waals surface area contributed by atoms with Crippen LogP contribution in [0.2, 0.25) is 0 Å². The SMILES string of the molecule is C[C@@H](NC(=O)Cc1ccccc1F)[C@H]1CCCO1. The monoisotopic (exact) mass is 251 g/mol. The van der Waals surface area contributed by atoms with E-state index in [-0.39, 0.29) is 30.3 Å². The van der Waals surface area contributed by atoms with Crippen molar-refractivity contribution >= 4 is 5.91 Å². The second-order valence-corrected chi connectivity index (χ2v) is 4.68. The summed E-state index contributed by atoms with van der Waals surface area (Å²) in [7, 11) is 0. The maximum Gasteiger partial charge on any atom is 0.224 e.